The van der Waals surface area contributed by atoms with Crippen LogP contribution < -0.4 is 0 Å². The number of aromatic nitrogens is 1. The van der Waals surface area contributed by atoms with Crippen molar-refractivity contribution >= 4 is 10.8 Å². The van der Waals surface area contributed by atoms with Gasteiger partial charge < -0.3 is 5.11 Å². The van der Waals surface area contributed by atoms with E-state index in [0.29, 0.717) is 5.56 Å². The van der Waals surface area contributed by atoms with Crippen LogP contribution in [0.3, 0.4) is 0 Å². The average Bonchev–Trinajstić information content (AvgIpc) is 2.48. The molecule has 0 radical (unpaired) electrons. The highest BCUT2D eigenvalue weighted by Crippen LogP contribution is 2.30. The maximum Gasteiger partial charge on any atom is 0.129 e. The molecule has 20 heavy (non-hydrogen) atoms. The Morgan fingerprint density at radius 1 is 1.00 bits per heavy atom. The van der Waals surface area contributed by atoms with E-state index in [0.717, 1.165) is 29.0 Å². The maximum absolute atomic E-state index is 13.8. The number of pyridine rings is 1. The predicted molar refractivity (Wildman–Crippen MR) is 72.2 cm³/mol. The van der Waals surface area contributed by atoms with Gasteiger partial charge in [-0.25, -0.2) is 8.78 Å². The van der Waals surface area contributed by atoms with Gasteiger partial charge in [0.15, 0.2) is 0 Å². The van der Waals surface area contributed by atoms with E-state index in [1.807, 2.05) is 6.07 Å². The number of benzene rings is 2. The second kappa shape index (κ2) is 4.98. The van der Waals surface area contributed by atoms with Crippen molar-refractivity contribution in [2.24, 2.45) is 0 Å². The van der Waals surface area contributed by atoms with Crippen molar-refractivity contribution < 1.29 is 13.9 Å². The summed E-state index contributed by atoms with van der Waals surface area (Å²) in [5.74, 6) is -1.22. The van der Waals surface area contributed by atoms with Gasteiger partial charge in [0.25, 0.3) is 0 Å². The molecule has 1 N–H and O–H groups in total. The number of fused-ring (bicyclic) bond motifs is 1. The summed E-state index contributed by atoms with van der Waals surface area (Å²) in [4.78, 5) is 4.00. The van der Waals surface area contributed by atoms with E-state index in [-0.39, 0.29) is 5.56 Å². The monoisotopic (exact) mass is 271 g/mol. The lowest BCUT2D eigenvalue weighted by atomic mass is 9.96. The first-order valence-electron chi connectivity index (χ1n) is 6.12. The lowest BCUT2D eigenvalue weighted by Crippen LogP contribution is -2.04. The largest absolute Gasteiger partial charge is 0.384 e. The summed E-state index contributed by atoms with van der Waals surface area (Å²) in [7, 11) is 0. The van der Waals surface area contributed by atoms with Gasteiger partial charge in [-0.1, -0.05) is 18.2 Å². The minimum absolute atomic E-state index is 0.0747. The third-order valence-electron chi connectivity index (χ3n) is 3.26. The van der Waals surface area contributed by atoms with Crippen LogP contribution in [0, 0.1) is 11.6 Å². The van der Waals surface area contributed by atoms with Crippen molar-refractivity contribution in [1.82, 2.24) is 4.98 Å². The minimum Gasteiger partial charge on any atom is -0.384 e. The molecule has 4 heteroatoms. The van der Waals surface area contributed by atoms with Gasteiger partial charge in [0.2, 0.25) is 0 Å². The van der Waals surface area contributed by atoms with E-state index in [9.17, 15) is 13.9 Å². The highest BCUT2D eigenvalue weighted by atomic mass is 19.1. The SMILES string of the molecule is OC(c1cc(F)ccc1F)c1cccc2cnccc12. The number of rotatable bonds is 2. The Balaban J connectivity index is 2.17. The molecule has 0 aliphatic heterocycles. The zero-order chi connectivity index (χ0) is 14.1. The summed E-state index contributed by atoms with van der Waals surface area (Å²) in [5.41, 5.74) is 0.448. The van der Waals surface area contributed by atoms with Gasteiger partial charge in [0, 0.05) is 23.3 Å². The molecule has 1 atom stereocenters. The van der Waals surface area contributed by atoms with Crippen molar-refractivity contribution in [2.75, 3.05) is 0 Å². The average molecular weight is 271 g/mol. The molecule has 3 aromatic rings. The van der Waals surface area contributed by atoms with Crippen LogP contribution in [-0.2, 0) is 0 Å². The lowest BCUT2D eigenvalue weighted by Gasteiger charge is -2.15. The van der Waals surface area contributed by atoms with Crippen LogP contribution in [0.5, 0.6) is 0 Å². The number of aliphatic hydroxyl groups is 1. The molecule has 0 aliphatic rings. The Hall–Kier alpha value is -2.33. The lowest BCUT2D eigenvalue weighted by molar-refractivity contribution is 0.216. The van der Waals surface area contributed by atoms with Crippen molar-refractivity contribution in [3.63, 3.8) is 0 Å². The topological polar surface area (TPSA) is 33.1 Å². The zero-order valence-corrected chi connectivity index (χ0v) is 10.4. The summed E-state index contributed by atoms with van der Waals surface area (Å²) in [6, 6.07) is 10.1. The van der Waals surface area contributed by atoms with Gasteiger partial charge in [-0.2, -0.15) is 0 Å². The van der Waals surface area contributed by atoms with E-state index in [1.54, 1.807) is 30.6 Å². The normalized spacial score (nSPS) is 12.6. The molecule has 0 aliphatic carbocycles. The third-order valence-corrected chi connectivity index (χ3v) is 3.26. The van der Waals surface area contributed by atoms with E-state index < -0.39 is 17.7 Å². The van der Waals surface area contributed by atoms with Gasteiger partial charge in [0.1, 0.15) is 17.7 Å². The van der Waals surface area contributed by atoms with Crippen molar-refractivity contribution in [3.8, 4) is 0 Å². The number of aliphatic hydroxyl groups excluding tert-OH is 1. The van der Waals surface area contributed by atoms with Crippen molar-refractivity contribution in [3.05, 3.63) is 77.6 Å². The Kier molecular flexibility index (Phi) is 3.16. The quantitative estimate of drug-likeness (QED) is 0.772. The maximum atomic E-state index is 13.8. The summed E-state index contributed by atoms with van der Waals surface area (Å²) < 4.78 is 27.0. The molecular formula is C16H11F2NO. The Morgan fingerprint density at radius 2 is 1.85 bits per heavy atom. The summed E-state index contributed by atoms with van der Waals surface area (Å²) in [6.45, 7) is 0. The van der Waals surface area contributed by atoms with Gasteiger partial charge in [-0.05, 0) is 35.2 Å². The van der Waals surface area contributed by atoms with Gasteiger partial charge >= 0.3 is 0 Å². The molecule has 0 fully saturated rings. The van der Waals surface area contributed by atoms with E-state index >= 15 is 0 Å². The number of hydrogen-bond donors (Lipinski definition) is 1. The Morgan fingerprint density at radius 3 is 2.70 bits per heavy atom. The molecule has 0 bridgehead atoms. The van der Waals surface area contributed by atoms with E-state index in [2.05, 4.69) is 4.98 Å². The van der Waals surface area contributed by atoms with Crippen molar-refractivity contribution in [1.29, 1.82) is 0 Å². The minimum atomic E-state index is -1.23. The molecular weight excluding hydrogens is 260 g/mol. The standard InChI is InChI=1S/C16H11F2NO/c17-11-4-5-15(18)14(8-11)16(20)13-3-1-2-10-9-19-7-6-12(10)13/h1-9,16,20H. The van der Waals surface area contributed by atoms with Gasteiger partial charge in [0.05, 0.1) is 0 Å². The van der Waals surface area contributed by atoms with Crippen molar-refractivity contribution in [2.45, 2.75) is 6.10 Å². The molecule has 0 spiro atoms. The molecule has 1 aromatic heterocycles. The van der Waals surface area contributed by atoms with Crippen LogP contribution in [0.2, 0.25) is 0 Å². The molecule has 2 nitrogen and oxygen atoms in total. The molecule has 1 heterocycles. The Labute approximate surface area is 114 Å². The first kappa shape index (κ1) is 12.7. The van der Waals surface area contributed by atoms with Gasteiger partial charge in [-0.3, -0.25) is 4.98 Å². The van der Waals surface area contributed by atoms with E-state index in [1.165, 1.54) is 0 Å². The van der Waals surface area contributed by atoms with Gasteiger partial charge in [-0.15, -0.1) is 0 Å². The number of hydrogen-bond acceptors (Lipinski definition) is 2. The van der Waals surface area contributed by atoms with Crippen LogP contribution in [0.1, 0.15) is 17.2 Å². The van der Waals surface area contributed by atoms with Crippen LogP contribution in [-0.4, -0.2) is 10.1 Å². The molecule has 0 amide bonds. The first-order valence-corrected chi connectivity index (χ1v) is 6.12. The van der Waals surface area contributed by atoms with Crippen LogP contribution >= 0.6 is 0 Å². The summed E-state index contributed by atoms with van der Waals surface area (Å²) in [6.07, 6.45) is 2.03. The highest BCUT2D eigenvalue weighted by Gasteiger charge is 2.18. The molecule has 3 rings (SSSR count). The summed E-state index contributed by atoms with van der Waals surface area (Å²) in [5, 5.41) is 12.0. The van der Waals surface area contributed by atoms with Crippen LogP contribution in [0.15, 0.2) is 54.9 Å². The summed E-state index contributed by atoms with van der Waals surface area (Å²) >= 11 is 0. The second-order valence-electron chi connectivity index (χ2n) is 4.51. The zero-order valence-electron chi connectivity index (χ0n) is 10.4. The highest BCUT2D eigenvalue weighted by molar-refractivity contribution is 5.85. The smallest absolute Gasteiger partial charge is 0.129 e. The molecule has 2 aromatic carbocycles. The number of halogens is 2. The Bertz CT molecular complexity index is 768. The first-order chi connectivity index (χ1) is 9.66. The van der Waals surface area contributed by atoms with Crippen LogP contribution in [0.4, 0.5) is 8.78 Å². The molecule has 0 saturated heterocycles. The number of nitrogens with zero attached hydrogens (tertiary/aromatic N) is 1. The fourth-order valence-electron chi connectivity index (χ4n) is 2.28. The molecule has 100 valence electrons. The van der Waals surface area contributed by atoms with Crippen LogP contribution in [0.25, 0.3) is 10.8 Å². The molecule has 1 unspecified atom stereocenters. The predicted octanol–water partition coefficient (Wildman–Crippen LogP) is 3.59. The second-order valence-corrected chi connectivity index (χ2v) is 4.51. The van der Waals surface area contributed by atoms with E-state index in [4.69, 9.17) is 0 Å². The fourth-order valence-corrected chi connectivity index (χ4v) is 2.28. The fraction of sp³-hybridized carbons (Fsp3) is 0.0625. The molecule has 0 saturated carbocycles. The third kappa shape index (κ3) is 2.14.